The number of sulfonamides is 1. The van der Waals surface area contributed by atoms with Crippen molar-refractivity contribution < 1.29 is 8.42 Å². The standard InChI is InChI=1S/C18H28N6O3S/c1-13(2)22(5)16-9-18(25)24(19-10-16)15-7-6-8-23(11-15)28(26,27)17-12-21(4)14(3)20-17/h9-10,12-13,15H,6-8,11H2,1-5H3. The summed E-state index contributed by atoms with van der Waals surface area (Å²) in [7, 11) is -0.0249. The third-order valence-electron chi connectivity index (χ3n) is 5.39. The van der Waals surface area contributed by atoms with E-state index in [2.05, 4.69) is 10.1 Å². The van der Waals surface area contributed by atoms with Crippen LogP contribution in [0.15, 0.2) is 28.3 Å². The molecule has 1 saturated heterocycles. The maximum atomic E-state index is 13.0. The molecule has 2 aromatic rings. The van der Waals surface area contributed by atoms with Gasteiger partial charge in [-0.1, -0.05) is 0 Å². The van der Waals surface area contributed by atoms with Crippen molar-refractivity contribution in [3.8, 4) is 0 Å². The van der Waals surface area contributed by atoms with Gasteiger partial charge in [0.2, 0.25) is 0 Å². The molecule has 154 valence electrons. The van der Waals surface area contributed by atoms with E-state index in [1.54, 1.807) is 30.8 Å². The Morgan fingerprint density at radius 3 is 2.61 bits per heavy atom. The lowest BCUT2D eigenvalue weighted by Crippen LogP contribution is -2.43. The van der Waals surface area contributed by atoms with Crippen LogP contribution in [0, 0.1) is 6.92 Å². The highest BCUT2D eigenvalue weighted by molar-refractivity contribution is 7.89. The molecule has 0 N–H and O–H groups in total. The zero-order valence-electron chi connectivity index (χ0n) is 17.0. The fourth-order valence-electron chi connectivity index (χ4n) is 3.30. The molecule has 1 aliphatic heterocycles. The number of rotatable bonds is 5. The normalized spacial score (nSPS) is 18.6. The fourth-order valence-corrected chi connectivity index (χ4v) is 4.84. The molecule has 1 unspecified atom stereocenters. The molecule has 0 amide bonds. The first-order valence-corrected chi connectivity index (χ1v) is 10.9. The summed E-state index contributed by atoms with van der Waals surface area (Å²) in [5, 5.41) is 4.38. The average molecular weight is 409 g/mol. The summed E-state index contributed by atoms with van der Waals surface area (Å²) < 4.78 is 30.4. The first-order valence-electron chi connectivity index (χ1n) is 9.43. The summed E-state index contributed by atoms with van der Waals surface area (Å²) in [6.07, 6.45) is 4.56. The Kier molecular flexibility index (Phi) is 5.62. The number of hydrogen-bond acceptors (Lipinski definition) is 6. The molecule has 28 heavy (non-hydrogen) atoms. The van der Waals surface area contributed by atoms with Crippen LogP contribution in [-0.2, 0) is 17.1 Å². The predicted octanol–water partition coefficient (Wildman–Crippen LogP) is 1.16. The Bertz CT molecular complexity index is 991. The van der Waals surface area contributed by atoms with Gasteiger partial charge >= 0.3 is 0 Å². The molecule has 0 spiro atoms. The Hall–Kier alpha value is -2.20. The number of nitrogens with zero attached hydrogens (tertiary/aromatic N) is 6. The molecule has 9 nitrogen and oxygen atoms in total. The van der Waals surface area contributed by atoms with E-state index in [0.717, 1.165) is 5.69 Å². The van der Waals surface area contributed by atoms with Crippen LogP contribution < -0.4 is 10.5 Å². The third-order valence-corrected chi connectivity index (χ3v) is 7.13. The molecule has 0 aromatic carbocycles. The monoisotopic (exact) mass is 408 g/mol. The van der Waals surface area contributed by atoms with Gasteiger partial charge in [-0.25, -0.2) is 18.1 Å². The van der Waals surface area contributed by atoms with E-state index in [-0.39, 0.29) is 29.2 Å². The lowest BCUT2D eigenvalue weighted by Gasteiger charge is -2.32. The van der Waals surface area contributed by atoms with Crippen LogP contribution in [0.4, 0.5) is 5.69 Å². The molecule has 10 heteroatoms. The smallest absolute Gasteiger partial charge is 0.269 e. The van der Waals surface area contributed by atoms with Gasteiger partial charge in [-0.05, 0) is 33.6 Å². The molecule has 0 radical (unpaired) electrons. The van der Waals surface area contributed by atoms with Gasteiger partial charge in [0.1, 0.15) is 5.82 Å². The van der Waals surface area contributed by atoms with Crippen LogP contribution in [-0.4, -0.2) is 58.2 Å². The highest BCUT2D eigenvalue weighted by Crippen LogP contribution is 2.25. The molecule has 1 fully saturated rings. The van der Waals surface area contributed by atoms with Crippen molar-refractivity contribution in [3.05, 3.63) is 34.6 Å². The maximum absolute atomic E-state index is 13.0. The zero-order valence-corrected chi connectivity index (χ0v) is 17.8. The predicted molar refractivity (Wildman–Crippen MR) is 107 cm³/mol. The van der Waals surface area contributed by atoms with Crippen LogP contribution >= 0.6 is 0 Å². The summed E-state index contributed by atoms with van der Waals surface area (Å²) in [5.41, 5.74) is 0.531. The molecule has 1 aliphatic rings. The van der Waals surface area contributed by atoms with Gasteiger partial charge in [0.15, 0.2) is 5.03 Å². The highest BCUT2D eigenvalue weighted by Gasteiger charge is 2.33. The summed E-state index contributed by atoms with van der Waals surface area (Å²) in [6.45, 7) is 6.46. The number of imidazole rings is 1. The molecule has 0 saturated carbocycles. The average Bonchev–Trinajstić information content (AvgIpc) is 3.00. The molecular formula is C18H28N6O3S. The lowest BCUT2D eigenvalue weighted by molar-refractivity contribution is 0.247. The zero-order chi connectivity index (χ0) is 20.6. The van der Waals surface area contributed by atoms with Gasteiger partial charge in [0, 0.05) is 45.5 Å². The van der Waals surface area contributed by atoms with Crippen LogP contribution in [0.5, 0.6) is 0 Å². The van der Waals surface area contributed by atoms with Gasteiger partial charge in [-0.2, -0.15) is 9.40 Å². The lowest BCUT2D eigenvalue weighted by atomic mass is 10.1. The van der Waals surface area contributed by atoms with Gasteiger partial charge in [-0.3, -0.25) is 4.79 Å². The van der Waals surface area contributed by atoms with Crippen molar-refractivity contribution in [3.63, 3.8) is 0 Å². The first-order chi connectivity index (χ1) is 13.1. The summed E-state index contributed by atoms with van der Waals surface area (Å²) in [4.78, 5) is 18.8. The van der Waals surface area contributed by atoms with Crippen LogP contribution in [0.2, 0.25) is 0 Å². The number of piperidine rings is 1. The van der Waals surface area contributed by atoms with Crippen LogP contribution in [0.25, 0.3) is 0 Å². The quantitative estimate of drug-likeness (QED) is 0.737. The van der Waals surface area contributed by atoms with Crippen molar-refractivity contribution in [1.29, 1.82) is 0 Å². The minimum atomic E-state index is -3.70. The first kappa shape index (κ1) is 20.5. The van der Waals surface area contributed by atoms with Gasteiger partial charge < -0.3 is 9.47 Å². The molecule has 1 atom stereocenters. The van der Waals surface area contributed by atoms with Crippen molar-refractivity contribution in [2.75, 3.05) is 25.0 Å². The van der Waals surface area contributed by atoms with E-state index in [1.807, 2.05) is 25.8 Å². The number of aromatic nitrogens is 4. The summed E-state index contributed by atoms with van der Waals surface area (Å²) in [5.74, 6) is 0.634. The molecule has 0 aliphatic carbocycles. The van der Waals surface area contributed by atoms with Crippen molar-refractivity contribution in [2.24, 2.45) is 7.05 Å². The van der Waals surface area contributed by atoms with Crippen molar-refractivity contribution >= 4 is 15.7 Å². The summed E-state index contributed by atoms with van der Waals surface area (Å²) in [6, 6.07) is 1.51. The SMILES string of the molecule is Cc1nc(S(=O)(=O)N2CCCC(n3ncc(N(C)C(C)C)cc3=O)C2)cn1C. The second kappa shape index (κ2) is 7.67. The minimum absolute atomic E-state index is 0.0439. The Balaban J connectivity index is 1.84. The van der Waals surface area contributed by atoms with Gasteiger partial charge in [-0.15, -0.1) is 0 Å². The highest BCUT2D eigenvalue weighted by atomic mass is 32.2. The topological polar surface area (TPSA) is 93.3 Å². The van der Waals surface area contributed by atoms with E-state index >= 15 is 0 Å². The second-order valence-electron chi connectivity index (χ2n) is 7.60. The Morgan fingerprint density at radius 1 is 1.32 bits per heavy atom. The van der Waals surface area contributed by atoms with E-state index < -0.39 is 10.0 Å². The molecule has 2 aromatic heterocycles. The van der Waals surface area contributed by atoms with E-state index in [0.29, 0.717) is 25.2 Å². The van der Waals surface area contributed by atoms with Crippen molar-refractivity contribution in [1.82, 2.24) is 23.6 Å². The molecule has 3 rings (SSSR count). The largest absolute Gasteiger partial charge is 0.371 e. The van der Waals surface area contributed by atoms with Crippen molar-refractivity contribution in [2.45, 2.75) is 50.7 Å². The third kappa shape index (κ3) is 3.83. The Morgan fingerprint density at radius 2 is 2.04 bits per heavy atom. The Labute approximate surface area is 165 Å². The van der Waals surface area contributed by atoms with Gasteiger partial charge in [0.25, 0.3) is 15.6 Å². The number of anilines is 1. The van der Waals surface area contributed by atoms with E-state index in [4.69, 9.17) is 0 Å². The van der Waals surface area contributed by atoms with Crippen LogP contribution in [0.3, 0.4) is 0 Å². The number of hydrogen-bond donors (Lipinski definition) is 0. The minimum Gasteiger partial charge on any atom is -0.371 e. The second-order valence-corrected chi connectivity index (χ2v) is 9.48. The van der Waals surface area contributed by atoms with E-state index in [1.165, 1.54) is 15.2 Å². The summed E-state index contributed by atoms with van der Waals surface area (Å²) >= 11 is 0. The number of aryl methyl sites for hydroxylation is 2. The molecular weight excluding hydrogens is 380 g/mol. The van der Waals surface area contributed by atoms with E-state index in [9.17, 15) is 13.2 Å². The fraction of sp³-hybridized carbons (Fsp3) is 0.611. The van der Waals surface area contributed by atoms with Gasteiger partial charge in [0.05, 0.1) is 17.9 Å². The van der Waals surface area contributed by atoms with Crippen LogP contribution in [0.1, 0.15) is 38.6 Å². The molecule has 3 heterocycles. The maximum Gasteiger partial charge on any atom is 0.269 e. The molecule has 0 bridgehead atoms.